The summed E-state index contributed by atoms with van der Waals surface area (Å²) < 4.78 is 39.2. The van der Waals surface area contributed by atoms with Gasteiger partial charge < -0.3 is 10.6 Å². The highest BCUT2D eigenvalue weighted by Crippen LogP contribution is 2.36. The Morgan fingerprint density at radius 1 is 1.27 bits per heavy atom. The number of hydrogen-bond donors (Lipinski definition) is 1. The van der Waals surface area contributed by atoms with E-state index in [4.69, 9.17) is 5.73 Å². The third-order valence-corrected chi connectivity index (χ3v) is 3.93. The van der Waals surface area contributed by atoms with Crippen LogP contribution >= 0.6 is 0 Å². The summed E-state index contributed by atoms with van der Waals surface area (Å²) in [4.78, 5) is 9.54. The standard InChI is InChI=1S/C15H17F3N4/c1-9-5-10(19)8-22(7-9)12-6-21-14(15(16,17)18)13-11(12)3-2-4-20-13/h2-4,6,9-10H,5,7-8,19H2,1H3/t9-,10+/m0/s1. The summed E-state index contributed by atoms with van der Waals surface area (Å²) in [6, 6.07) is 3.30. The zero-order valence-electron chi connectivity index (χ0n) is 12.1. The molecule has 2 aromatic rings. The summed E-state index contributed by atoms with van der Waals surface area (Å²) in [7, 11) is 0. The van der Waals surface area contributed by atoms with E-state index in [1.165, 1.54) is 12.4 Å². The number of hydrogen-bond acceptors (Lipinski definition) is 4. The van der Waals surface area contributed by atoms with Crippen LogP contribution in [0.5, 0.6) is 0 Å². The van der Waals surface area contributed by atoms with Gasteiger partial charge >= 0.3 is 6.18 Å². The molecule has 0 bridgehead atoms. The molecule has 0 saturated carbocycles. The summed E-state index contributed by atoms with van der Waals surface area (Å²) in [5.41, 5.74) is 5.65. The first-order chi connectivity index (χ1) is 10.4. The Morgan fingerprint density at radius 3 is 2.73 bits per heavy atom. The molecule has 0 unspecified atom stereocenters. The monoisotopic (exact) mass is 310 g/mol. The quantitative estimate of drug-likeness (QED) is 0.880. The van der Waals surface area contributed by atoms with E-state index in [0.717, 1.165) is 13.0 Å². The first-order valence-electron chi connectivity index (χ1n) is 7.17. The molecule has 0 spiro atoms. The summed E-state index contributed by atoms with van der Waals surface area (Å²) in [5.74, 6) is 0.387. The molecule has 1 aliphatic heterocycles. The number of anilines is 1. The number of alkyl halides is 3. The number of aromatic nitrogens is 2. The van der Waals surface area contributed by atoms with Crippen molar-refractivity contribution in [1.82, 2.24) is 9.97 Å². The van der Waals surface area contributed by atoms with Crippen LogP contribution in [0.1, 0.15) is 19.0 Å². The minimum atomic E-state index is -4.52. The molecule has 118 valence electrons. The maximum atomic E-state index is 13.1. The lowest BCUT2D eigenvalue weighted by Crippen LogP contribution is -2.46. The van der Waals surface area contributed by atoms with Crippen LogP contribution < -0.4 is 10.6 Å². The average molecular weight is 310 g/mol. The van der Waals surface area contributed by atoms with Gasteiger partial charge in [-0.15, -0.1) is 0 Å². The fourth-order valence-electron chi connectivity index (χ4n) is 3.11. The highest BCUT2D eigenvalue weighted by molar-refractivity contribution is 5.92. The lowest BCUT2D eigenvalue weighted by molar-refractivity contribution is -0.139. The van der Waals surface area contributed by atoms with Crippen molar-refractivity contribution < 1.29 is 13.2 Å². The third kappa shape index (κ3) is 2.72. The Kier molecular flexibility index (Phi) is 3.68. The molecule has 0 aliphatic carbocycles. The van der Waals surface area contributed by atoms with E-state index in [2.05, 4.69) is 16.9 Å². The maximum absolute atomic E-state index is 13.1. The molecule has 1 aliphatic rings. The minimum Gasteiger partial charge on any atom is -0.368 e. The van der Waals surface area contributed by atoms with Crippen LogP contribution in [0.25, 0.3) is 10.9 Å². The first-order valence-corrected chi connectivity index (χ1v) is 7.17. The Balaban J connectivity index is 2.12. The number of fused-ring (bicyclic) bond motifs is 1. The Labute approximate surface area is 126 Å². The lowest BCUT2D eigenvalue weighted by atomic mass is 9.96. The molecule has 4 nitrogen and oxygen atoms in total. The molecule has 1 saturated heterocycles. The molecule has 3 rings (SSSR count). The molecular weight excluding hydrogens is 293 g/mol. The van der Waals surface area contributed by atoms with Gasteiger partial charge in [0.05, 0.1) is 11.9 Å². The number of rotatable bonds is 1. The molecule has 2 atom stereocenters. The number of nitrogens with two attached hydrogens (primary N) is 1. The molecule has 2 N–H and O–H groups in total. The van der Waals surface area contributed by atoms with Gasteiger partial charge in [0.1, 0.15) is 5.52 Å². The molecule has 0 amide bonds. The van der Waals surface area contributed by atoms with E-state index in [-0.39, 0.29) is 11.6 Å². The van der Waals surface area contributed by atoms with Gasteiger partial charge in [-0.3, -0.25) is 4.98 Å². The van der Waals surface area contributed by atoms with Gasteiger partial charge in [0.2, 0.25) is 0 Å². The Hall–Kier alpha value is -1.89. The zero-order chi connectivity index (χ0) is 15.9. The van der Waals surface area contributed by atoms with Crippen molar-refractivity contribution in [1.29, 1.82) is 0 Å². The van der Waals surface area contributed by atoms with Crippen LogP contribution in [-0.2, 0) is 6.18 Å². The van der Waals surface area contributed by atoms with Gasteiger partial charge in [-0.1, -0.05) is 6.92 Å². The molecule has 2 aromatic heterocycles. The topological polar surface area (TPSA) is 55.0 Å². The van der Waals surface area contributed by atoms with E-state index >= 15 is 0 Å². The predicted molar refractivity (Wildman–Crippen MR) is 78.5 cm³/mol. The van der Waals surface area contributed by atoms with Crippen molar-refractivity contribution in [3.8, 4) is 0 Å². The second-order valence-electron chi connectivity index (χ2n) is 5.90. The number of pyridine rings is 2. The van der Waals surface area contributed by atoms with Gasteiger partial charge in [0.15, 0.2) is 5.69 Å². The third-order valence-electron chi connectivity index (χ3n) is 3.93. The molecule has 0 aromatic carbocycles. The number of piperidine rings is 1. The maximum Gasteiger partial charge on any atom is 0.435 e. The largest absolute Gasteiger partial charge is 0.435 e. The molecular formula is C15H17F3N4. The van der Waals surface area contributed by atoms with E-state index in [1.54, 1.807) is 12.1 Å². The van der Waals surface area contributed by atoms with Crippen LogP contribution in [-0.4, -0.2) is 29.1 Å². The first kappa shape index (κ1) is 15.0. The average Bonchev–Trinajstić information content (AvgIpc) is 2.44. The van der Waals surface area contributed by atoms with Crippen molar-refractivity contribution in [2.24, 2.45) is 11.7 Å². The van der Waals surface area contributed by atoms with Gasteiger partial charge in [-0.25, -0.2) is 4.98 Å². The summed E-state index contributed by atoms with van der Waals surface area (Å²) in [6.07, 6.45) is -0.956. The summed E-state index contributed by atoms with van der Waals surface area (Å²) >= 11 is 0. The Bertz CT molecular complexity index is 676. The van der Waals surface area contributed by atoms with Crippen molar-refractivity contribution in [2.45, 2.75) is 25.6 Å². The van der Waals surface area contributed by atoms with Crippen LogP contribution in [0.3, 0.4) is 0 Å². The van der Waals surface area contributed by atoms with Gasteiger partial charge in [0.25, 0.3) is 0 Å². The fourth-order valence-corrected chi connectivity index (χ4v) is 3.11. The number of halogens is 3. The Morgan fingerprint density at radius 2 is 2.05 bits per heavy atom. The SMILES string of the molecule is C[C@H]1C[C@@H](N)CN(c2cnc(C(F)(F)F)c3ncccc23)C1. The second-order valence-corrected chi connectivity index (χ2v) is 5.90. The molecule has 3 heterocycles. The van der Waals surface area contributed by atoms with Crippen LogP contribution in [0.4, 0.5) is 18.9 Å². The second kappa shape index (κ2) is 5.39. The molecule has 1 fully saturated rings. The van der Waals surface area contributed by atoms with Gasteiger partial charge in [0, 0.05) is 30.7 Å². The van der Waals surface area contributed by atoms with E-state index in [0.29, 0.717) is 23.5 Å². The zero-order valence-corrected chi connectivity index (χ0v) is 12.1. The van der Waals surface area contributed by atoms with Gasteiger partial charge in [-0.2, -0.15) is 13.2 Å². The highest BCUT2D eigenvalue weighted by atomic mass is 19.4. The fraction of sp³-hybridized carbons (Fsp3) is 0.467. The normalized spacial score (nSPS) is 23.0. The lowest BCUT2D eigenvalue weighted by Gasteiger charge is -2.36. The summed E-state index contributed by atoms with van der Waals surface area (Å²) in [5, 5.41) is 0.464. The van der Waals surface area contributed by atoms with Crippen molar-refractivity contribution in [2.75, 3.05) is 18.0 Å². The predicted octanol–water partition coefficient (Wildman–Crippen LogP) is 2.82. The van der Waals surface area contributed by atoms with Crippen molar-refractivity contribution in [3.05, 3.63) is 30.2 Å². The van der Waals surface area contributed by atoms with Crippen LogP contribution in [0.15, 0.2) is 24.5 Å². The molecule has 22 heavy (non-hydrogen) atoms. The smallest absolute Gasteiger partial charge is 0.368 e. The minimum absolute atomic E-state index is 0.0118. The van der Waals surface area contributed by atoms with Crippen molar-refractivity contribution in [3.63, 3.8) is 0 Å². The van der Waals surface area contributed by atoms with E-state index in [9.17, 15) is 13.2 Å². The summed E-state index contributed by atoms with van der Waals surface area (Å²) in [6.45, 7) is 3.45. The van der Waals surface area contributed by atoms with E-state index < -0.39 is 11.9 Å². The van der Waals surface area contributed by atoms with Crippen molar-refractivity contribution >= 4 is 16.6 Å². The van der Waals surface area contributed by atoms with E-state index in [1.807, 2.05) is 4.90 Å². The van der Waals surface area contributed by atoms with Gasteiger partial charge in [-0.05, 0) is 24.5 Å². The highest BCUT2D eigenvalue weighted by Gasteiger charge is 2.36. The van der Waals surface area contributed by atoms with Crippen LogP contribution in [0, 0.1) is 5.92 Å². The number of nitrogens with zero attached hydrogens (tertiary/aromatic N) is 3. The van der Waals surface area contributed by atoms with Crippen LogP contribution in [0.2, 0.25) is 0 Å². The molecule has 7 heteroatoms. The molecule has 0 radical (unpaired) electrons.